The number of carbonyl (C=O) groups is 1. The highest BCUT2D eigenvalue weighted by molar-refractivity contribution is 7.08. The molecule has 0 aliphatic heterocycles. The lowest BCUT2D eigenvalue weighted by atomic mass is 10.0. The summed E-state index contributed by atoms with van der Waals surface area (Å²) in [5.41, 5.74) is 6.00. The van der Waals surface area contributed by atoms with Gasteiger partial charge in [0.15, 0.2) is 5.78 Å². The first-order valence-corrected chi connectivity index (χ1v) is 11.6. The maximum absolute atomic E-state index is 12.8. The van der Waals surface area contributed by atoms with Gasteiger partial charge in [-0.15, -0.1) is 0 Å². The number of fused-ring (bicyclic) bond motifs is 1. The van der Waals surface area contributed by atoms with E-state index in [0.29, 0.717) is 12.0 Å². The van der Waals surface area contributed by atoms with E-state index in [9.17, 15) is 4.79 Å². The maximum atomic E-state index is 12.8. The van der Waals surface area contributed by atoms with E-state index in [1.54, 1.807) is 23.9 Å². The van der Waals surface area contributed by atoms with Gasteiger partial charge in [-0.2, -0.15) is 11.3 Å². The van der Waals surface area contributed by atoms with Gasteiger partial charge in [0.25, 0.3) is 0 Å². The van der Waals surface area contributed by atoms with Crippen LogP contribution in [0.5, 0.6) is 0 Å². The highest BCUT2D eigenvalue weighted by atomic mass is 32.1. The molecule has 0 saturated heterocycles. The van der Waals surface area contributed by atoms with Crippen LogP contribution in [-0.4, -0.2) is 25.3 Å². The molecule has 0 saturated carbocycles. The van der Waals surface area contributed by atoms with Gasteiger partial charge in [0.05, 0.1) is 28.7 Å². The smallest absolute Gasteiger partial charge is 0.162 e. The second-order valence-corrected chi connectivity index (χ2v) is 8.46. The predicted octanol–water partition coefficient (Wildman–Crippen LogP) is 6.28. The first kappa shape index (κ1) is 20.3. The summed E-state index contributed by atoms with van der Waals surface area (Å²) in [6.45, 7) is 0.877. The molecule has 0 radical (unpaired) electrons. The van der Waals surface area contributed by atoms with Crippen LogP contribution in [0.2, 0.25) is 0 Å². The molecule has 0 fully saturated rings. The minimum atomic E-state index is 0.141. The number of hydrogen-bond acceptors (Lipinski definition) is 5. The molecule has 32 heavy (non-hydrogen) atoms. The van der Waals surface area contributed by atoms with E-state index in [0.717, 1.165) is 52.9 Å². The molecule has 0 N–H and O–H groups in total. The molecular weight excluding hydrogens is 416 g/mol. The fraction of sp³-hybridized carbons (Fsp3) is 0.154. The van der Waals surface area contributed by atoms with Crippen LogP contribution in [0.4, 0.5) is 0 Å². The van der Waals surface area contributed by atoms with Gasteiger partial charge >= 0.3 is 0 Å². The zero-order valence-electron chi connectivity index (χ0n) is 17.5. The third-order valence-electron chi connectivity index (χ3n) is 5.46. The Labute approximate surface area is 190 Å². The van der Waals surface area contributed by atoms with Crippen molar-refractivity contribution in [3.05, 3.63) is 89.6 Å². The van der Waals surface area contributed by atoms with Crippen molar-refractivity contribution in [3.8, 4) is 22.5 Å². The van der Waals surface area contributed by atoms with Gasteiger partial charge in [0, 0.05) is 47.4 Å². The number of rotatable bonds is 8. The van der Waals surface area contributed by atoms with Crippen LogP contribution >= 0.6 is 11.3 Å². The fourth-order valence-corrected chi connectivity index (χ4v) is 4.41. The van der Waals surface area contributed by atoms with E-state index in [1.807, 2.05) is 64.7 Å². The molecule has 3 heterocycles. The largest absolute Gasteiger partial charge is 0.337 e. The summed E-state index contributed by atoms with van der Waals surface area (Å²) in [7, 11) is 0. The molecule has 158 valence electrons. The summed E-state index contributed by atoms with van der Waals surface area (Å²) in [5.74, 6) is 0.141. The minimum absolute atomic E-state index is 0.141. The van der Waals surface area contributed by atoms with Crippen molar-refractivity contribution >= 4 is 28.2 Å². The topological polar surface area (TPSA) is 60.7 Å². The third kappa shape index (κ3) is 4.36. The molecule has 0 unspecified atom stereocenters. The van der Waals surface area contributed by atoms with E-state index in [1.165, 1.54) is 0 Å². The minimum Gasteiger partial charge on any atom is -0.337 e. The number of aryl methyl sites for hydroxylation is 1. The zero-order valence-corrected chi connectivity index (χ0v) is 18.3. The molecule has 0 aliphatic rings. The lowest BCUT2D eigenvalue weighted by Gasteiger charge is -2.10. The molecule has 0 amide bonds. The average Bonchev–Trinajstić information content (AvgIpc) is 3.56. The predicted molar refractivity (Wildman–Crippen MR) is 129 cm³/mol. The Morgan fingerprint density at radius 2 is 1.75 bits per heavy atom. The van der Waals surface area contributed by atoms with Crippen LogP contribution in [0, 0.1) is 0 Å². The van der Waals surface area contributed by atoms with Gasteiger partial charge < -0.3 is 4.57 Å². The van der Waals surface area contributed by atoms with Crippen LogP contribution in [0.15, 0.2) is 84.1 Å². The second kappa shape index (κ2) is 9.24. The highest BCUT2D eigenvalue weighted by Crippen LogP contribution is 2.32. The van der Waals surface area contributed by atoms with E-state index < -0.39 is 0 Å². The van der Waals surface area contributed by atoms with E-state index in [-0.39, 0.29) is 5.78 Å². The van der Waals surface area contributed by atoms with Crippen molar-refractivity contribution < 1.29 is 4.79 Å². The fourth-order valence-electron chi connectivity index (χ4n) is 3.77. The summed E-state index contributed by atoms with van der Waals surface area (Å²) in [6.07, 6.45) is 7.82. The summed E-state index contributed by atoms with van der Waals surface area (Å²) >= 11 is 1.64. The molecule has 5 aromatic rings. The molecule has 2 aromatic carbocycles. The molecule has 3 aromatic heterocycles. The van der Waals surface area contributed by atoms with Crippen molar-refractivity contribution in [2.75, 3.05) is 0 Å². The maximum Gasteiger partial charge on any atom is 0.162 e. The molecule has 0 bridgehead atoms. The Morgan fingerprint density at radius 1 is 0.906 bits per heavy atom. The quantitative estimate of drug-likeness (QED) is 0.211. The molecule has 0 spiro atoms. The van der Waals surface area contributed by atoms with Crippen molar-refractivity contribution in [3.63, 3.8) is 0 Å². The average molecular weight is 439 g/mol. The SMILES string of the molecule is O=C(CCCCn1ccnc1)c1ccc2nc(-c3ccsc3)c(-c3ccccc3)nc2c1. The summed E-state index contributed by atoms with van der Waals surface area (Å²) < 4.78 is 2.03. The van der Waals surface area contributed by atoms with Crippen molar-refractivity contribution in [2.45, 2.75) is 25.8 Å². The monoisotopic (exact) mass is 438 g/mol. The van der Waals surface area contributed by atoms with Crippen LogP contribution in [0.25, 0.3) is 33.5 Å². The Balaban J connectivity index is 1.42. The summed E-state index contributed by atoms with van der Waals surface area (Å²) in [4.78, 5) is 26.7. The lowest BCUT2D eigenvalue weighted by Crippen LogP contribution is -2.02. The highest BCUT2D eigenvalue weighted by Gasteiger charge is 2.15. The molecule has 0 aliphatic carbocycles. The lowest BCUT2D eigenvalue weighted by molar-refractivity contribution is 0.0979. The number of thiophene rings is 1. The van der Waals surface area contributed by atoms with Gasteiger partial charge in [-0.05, 0) is 42.5 Å². The number of unbranched alkanes of at least 4 members (excludes halogenated alkanes) is 1. The number of Topliss-reactive ketones (excluding diaryl/α,β-unsaturated/α-hetero) is 1. The van der Waals surface area contributed by atoms with Crippen LogP contribution in [-0.2, 0) is 6.54 Å². The van der Waals surface area contributed by atoms with E-state index in [4.69, 9.17) is 9.97 Å². The Bertz CT molecular complexity index is 1330. The second-order valence-electron chi connectivity index (χ2n) is 7.68. The summed E-state index contributed by atoms with van der Waals surface area (Å²) in [5, 5.41) is 4.13. The summed E-state index contributed by atoms with van der Waals surface area (Å²) in [6, 6.07) is 17.8. The van der Waals surface area contributed by atoms with Crippen molar-refractivity contribution in [2.24, 2.45) is 0 Å². The third-order valence-corrected chi connectivity index (χ3v) is 6.14. The van der Waals surface area contributed by atoms with Crippen molar-refractivity contribution in [1.29, 1.82) is 0 Å². The van der Waals surface area contributed by atoms with Crippen LogP contribution < -0.4 is 0 Å². The van der Waals surface area contributed by atoms with Crippen LogP contribution in [0.3, 0.4) is 0 Å². The molecule has 5 rings (SSSR count). The number of ketones is 1. The van der Waals surface area contributed by atoms with Gasteiger partial charge in [-0.1, -0.05) is 30.3 Å². The number of nitrogens with zero attached hydrogens (tertiary/aromatic N) is 4. The molecule has 5 nitrogen and oxygen atoms in total. The number of imidazole rings is 1. The van der Waals surface area contributed by atoms with Crippen LogP contribution in [0.1, 0.15) is 29.6 Å². The van der Waals surface area contributed by atoms with E-state index in [2.05, 4.69) is 16.4 Å². The Kier molecular flexibility index (Phi) is 5.85. The zero-order chi connectivity index (χ0) is 21.8. The Morgan fingerprint density at radius 3 is 2.53 bits per heavy atom. The molecular formula is C26H22N4OS. The van der Waals surface area contributed by atoms with Gasteiger partial charge in [0.2, 0.25) is 0 Å². The number of hydrogen-bond donors (Lipinski definition) is 0. The molecule has 0 atom stereocenters. The number of benzene rings is 2. The van der Waals surface area contributed by atoms with Gasteiger partial charge in [-0.3, -0.25) is 4.79 Å². The normalized spacial score (nSPS) is 11.1. The van der Waals surface area contributed by atoms with Crippen molar-refractivity contribution in [1.82, 2.24) is 19.5 Å². The first-order valence-electron chi connectivity index (χ1n) is 10.7. The Hall–Kier alpha value is -3.64. The number of aromatic nitrogens is 4. The number of carbonyl (C=O) groups excluding carboxylic acids is 1. The van der Waals surface area contributed by atoms with Gasteiger partial charge in [-0.25, -0.2) is 15.0 Å². The standard InChI is InChI=1S/C26H22N4OS/c31-24(8-4-5-13-30-14-12-27-18-30)20-9-10-22-23(16-20)29-25(19-6-2-1-3-7-19)26(28-22)21-11-15-32-17-21/h1-3,6-7,9-12,14-18H,4-5,8,13H2. The van der Waals surface area contributed by atoms with Gasteiger partial charge in [0.1, 0.15) is 0 Å². The first-order chi connectivity index (χ1) is 15.8. The molecule has 6 heteroatoms. The van der Waals surface area contributed by atoms with E-state index >= 15 is 0 Å².